The molecule has 2 rings (SSSR count). The van der Waals surface area contributed by atoms with Gasteiger partial charge in [0.1, 0.15) is 18.2 Å². The fourth-order valence-electron chi connectivity index (χ4n) is 3.42. The third-order valence-corrected chi connectivity index (χ3v) is 4.49. The number of carbonyl (C=O) groups excluding carboxylic acids is 1. The molecule has 1 N–H and O–H groups in total. The van der Waals surface area contributed by atoms with Crippen LogP contribution in [0.1, 0.15) is 59.8 Å². The van der Waals surface area contributed by atoms with Gasteiger partial charge in [-0.15, -0.1) is 0 Å². The minimum atomic E-state index is -0.576. The van der Waals surface area contributed by atoms with Crippen LogP contribution in [0.15, 0.2) is 0 Å². The quantitative estimate of drug-likeness (QED) is 0.699. The molecule has 2 aliphatic rings. The normalized spacial score (nSPS) is 30.5. The van der Waals surface area contributed by atoms with E-state index in [1.165, 1.54) is 0 Å². The number of fused-ring (bicyclic) bond motifs is 1. The van der Waals surface area contributed by atoms with Crippen LogP contribution in [0.3, 0.4) is 0 Å². The number of carbonyl (C=O) groups is 1. The summed E-state index contributed by atoms with van der Waals surface area (Å²) >= 11 is 0. The van der Waals surface area contributed by atoms with Crippen LogP contribution >= 0.6 is 0 Å². The molecule has 1 amide bonds. The van der Waals surface area contributed by atoms with E-state index in [4.69, 9.17) is 9.47 Å². The van der Waals surface area contributed by atoms with Crippen LogP contribution < -0.4 is 5.32 Å². The number of likely N-dealkylation sites (tertiary alicyclic amines) is 1. The van der Waals surface area contributed by atoms with Gasteiger partial charge in [-0.25, -0.2) is 0 Å². The Bertz CT molecular complexity index is 373. The number of rotatable bonds is 8. The summed E-state index contributed by atoms with van der Waals surface area (Å²) in [7, 11) is 0. The molecule has 0 spiro atoms. The molecule has 3 atom stereocenters. The maximum absolute atomic E-state index is 12.6. The van der Waals surface area contributed by atoms with Gasteiger partial charge in [0.25, 0.3) is 0 Å². The number of nitrogens with zero attached hydrogens (tertiary/aromatic N) is 1. The van der Waals surface area contributed by atoms with E-state index in [9.17, 15) is 4.79 Å². The van der Waals surface area contributed by atoms with Crippen molar-refractivity contribution < 1.29 is 14.3 Å². The van der Waals surface area contributed by atoms with Crippen LogP contribution in [0.25, 0.3) is 0 Å². The molecular weight excluding hydrogens is 280 g/mol. The lowest BCUT2D eigenvalue weighted by molar-refractivity contribution is -0.164. The SMILES string of the molecule is CCCCCNC(=O)[C@@H]1[C@H]2OC(C)(C)O[C@H]2CN1CCCC. The van der Waals surface area contributed by atoms with E-state index in [1.807, 2.05) is 13.8 Å². The first kappa shape index (κ1) is 17.7. The lowest BCUT2D eigenvalue weighted by Gasteiger charge is -2.28. The fraction of sp³-hybridized carbons (Fsp3) is 0.941. The van der Waals surface area contributed by atoms with Gasteiger partial charge in [-0.05, 0) is 33.2 Å². The summed E-state index contributed by atoms with van der Waals surface area (Å²) in [4.78, 5) is 14.9. The number of hydrogen-bond acceptors (Lipinski definition) is 4. The summed E-state index contributed by atoms with van der Waals surface area (Å²) in [6.45, 7) is 10.7. The average molecular weight is 312 g/mol. The Balaban J connectivity index is 1.96. The summed E-state index contributed by atoms with van der Waals surface area (Å²) in [5, 5.41) is 3.09. The van der Waals surface area contributed by atoms with Crippen molar-refractivity contribution in [2.75, 3.05) is 19.6 Å². The second-order valence-corrected chi connectivity index (χ2v) is 6.93. The van der Waals surface area contributed by atoms with E-state index in [0.29, 0.717) is 0 Å². The molecule has 5 nitrogen and oxygen atoms in total. The van der Waals surface area contributed by atoms with E-state index in [2.05, 4.69) is 24.1 Å². The van der Waals surface area contributed by atoms with Crippen molar-refractivity contribution >= 4 is 5.91 Å². The van der Waals surface area contributed by atoms with E-state index in [-0.39, 0.29) is 24.2 Å². The predicted octanol–water partition coefficient (Wildman–Crippen LogP) is 2.30. The third-order valence-electron chi connectivity index (χ3n) is 4.49. The molecule has 2 fully saturated rings. The van der Waals surface area contributed by atoms with Gasteiger partial charge in [-0.2, -0.15) is 0 Å². The third kappa shape index (κ3) is 4.21. The monoisotopic (exact) mass is 312 g/mol. The van der Waals surface area contributed by atoms with Gasteiger partial charge >= 0.3 is 0 Å². The zero-order chi connectivity index (χ0) is 16.2. The van der Waals surface area contributed by atoms with Crippen molar-refractivity contribution in [1.82, 2.24) is 10.2 Å². The maximum Gasteiger partial charge on any atom is 0.240 e. The van der Waals surface area contributed by atoms with Crippen molar-refractivity contribution in [2.24, 2.45) is 0 Å². The van der Waals surface area contributed by atoms with Gasteiger partial charge in [0.2, 0.25) is 5.91 Å². The van der Waals surface area contributed by atoms with Crippen LogP contribution in [-0.4, -0.2) is 54.5 Å². The molecule has 0 aromatic rings. The van der Waals surface area contributed by atoms with Gasteiger partial charge in [0.05, 0.1) is 0 Å². The number of hydrogen-bond donors (Lipinski definition) is 1. The van der Waals surface area contributed by atoms with Gasteiger partial charge in [-0.1, -0.05) is 33.1 Å². The molecule has 0 aliphatic carbocycles. The average Bonchev–Trinajstić information content (AvgIpc) is 2.92. The predicted molar refractivity (Wildman–Crippen MR) is 86.6 cm³/mol. The molecule has 0 saturated carbocycles. The standard InChI is InChI=1S/C17H32N2O3/c1-5-7-9-10-18-16(20)14-15-13(21-17(3,4)22-15)12-19(14)11-8-6-2/h13-15H,5-12H2,1-4H3,(H,18,20)/t13-,14-,15-/m0/s1. The number of ether oxygens (including phenoxy) is 2. The second-order valence-electron chi connectivity index (χ2n) is 6.93. The molecule has 2 aliphatic heterocycles. The summed E-state index contributed by atoms with van der Waals surface area (Å²) in [6, 6.07) is -0.208. The summed E-state index contributed by atoms with van der Waals surface area (Å²) in [5.41, 5.74) is 0. The number of amides is 1. The first-order valence-electron chi connectivity index (χ1n) is 8.86. The Labute approximate surface area is 134 Å². The van der Waals surface area contributed by atoms with Gasteiger partial charge in [0.15, 0.2) is 5.79 Å². The van der Waals surface area contributed by atoms with Crippen molar-refractivity contribution in [3.63, 3.8) is 0 Å². The summed E-state index contributed by atoms with van der Waals surface area (Å²) < 4.78 is 12.0. The lowest BCUT2D eigenvalue weighted by Crippen LogP contribution is -2.50. The van der Waals surface area contributed by atoms with Crippen LogP contribution in [0.5, 0.6) is 0 Å². The lowest BCUT2D eigenvalue weighted by atomic mass is 10.1. The smallest absolute Gasteiger partial charge is 0.240 e. The Kier molecular flexibility index (Phi) is 6.24. The van der Waals surface area contributed by atoms with Crippen molar-refractivity contribution in [3.8, 4) is 0 Å². The van der Waals surface area contributed by atoms with Gasteiger partial charge < -0.3 is 14.8 Å². The Morgan fingerprint density at radius 3 is 2.59 bits per heavy atom. The van der Waals surface area contributed by atoms with Crippen LogP contribution in [-0.2, 0) is 14.3 Å². The molecule has 0 bridgehead atoms. The first-order valence-corrected chi connectivity index (χ1v) is 8.86. The second kappa shape index (κ2) is 7.75. The molecule has 128 valence electrons. The van der Waals surface area contributed by atoms with Gasteiger partial charge in [-0.3, -0.25) is 9.69 Å². The number of nitrogens with one attached hydrogen (secondary N) is 1. The van der Waals surface area contributed by atoms with Crippen molar-refractivity contribution in [1.29, 1.82) is 0 Å². The van der Waals surface area contributed by atoms with E-state index >= 15 is 0 Å². The van der Waals surface area contributed by atoms with Gasteiger partial charge in [0, 0.05) is 13.1 Å². The molecule has 2 heterocycles. The largest absolute Gasteiger partial charge is 0.355 e. The molecule has 5 heteroatoms. The highest BCUT2D eigenvalue weighted by molar-refractivity contribution is 5.83. The van der Waals surface area contributed by atoms with Crippen LogP contribution in [0, 0.1) is 0 Å². The molecule has 0 unspecified atom stereocenters. The minimum absolute atomic E-state index is 0.0123. The Morgan fingerprint density at radius 2 is 1.91 bits per heavy atom. The molecule has 0 aromatic carbocycles. The van der Waals surface area contributed by atoms with E-state index in [0.717, 1.165) is 51.7 Å². The Hall–Kier alpha value is -0.650. The van der Waals surface area contributed by atoms with Crippen LogP contribution in [0.2, 0.25) is 0 Å². The molecule has 0 radical (unpaired) electrons. The van der Waals surface area contributed by atoms with E-state index in [1.54, 1.807) is 0 Å². The van der Waals surface area contributed by atoms with E-state index < -0.39 is 5.79 Å². The molecular formula is C17H32N2O3. The molecule has 22 heavy (non-hydrogen) atoms. The Morgan fingerprint density at radius 1 is 1.18 bits per heavy atom. The van der Waals surface area contributed by atoms with Crippen LogP contribution in [0.4, 0.5) is 0 Å². The van der Waals surface area contributed by atoms with Crippen molar-refractivity contribution in [3.05, 3.63) is 0 Å². The zero-order valence-electron chi connectivity index (χ0n) is 14.6. The minimum Gasteiger partial charge on any atom is -0.355 e. The summed E-state index contributed by atoms with van der Waals surface area (Å²) in [6.07, 6.45) is 5.46. The maximum atomic E-state index is 12.6. The highest BCUT2D eigenvalue weighted by atomic mass is 16.8. The topological polar surface area (TPSA) is 50.8 Å². The summed E-state index contributed by atoms with van der Waals surface area (Å²) in [5.74, 6) is -0.478. The fourth-order valence-corrected chi connectivity index (χ4v) is 3.42. The zero-order valence-corrected chi connectivity index (χ0v) is 14.6. The highest BCUT2D eigenvalue weighted by Gasteiger charge is 2.54. The number of unbranched alkanes of at least 4 members (excludes halogenated alkanes) is 3. The first-order chi connectivity index (χ1) is 10.5. The van der Waals surface area contributed by atoms with Crippen molar-refractivity contribution in [2.45, 2.75) is 83.8 Å². The molecule has 0 aromatic heterocycles. The molecule has 2 saturated heterocycles. The highest BCUT2D eigenvalue weighted by Crippen LogP contribution is 2.36.